The van der Waals surface area contributed by atoms with E-state index in [4.69, 9.17) is 17.3 Å². The molecular weight excluding hydrogens is 258 g/mol. The van der Waals surface area contributed by atoms with Gasteiger partial charge in [0, 0.05) is 0 Å². The molecule has 0 unspecified atom stereocenters. The Bertz CT molecular complexity index is 605. The number of hydrogen-bond acceptors (Lipinski definition) is 6. The van der Waals surface area contributed by atoms with Crippen LogP contribution in [0.5, 0.6) is 0 Å². The lowest BCUT2D eigenvalue weighted by atomic mass is 10.3. The summed E-state index contributed by atoms with van der Waals surface area (Å²) in [5.41, 5.74) is 5.63. The molecule has 2 aromatic rings. The van der Waals surface area contributed by atoms with Crippen LogP contribution in [-0.2, 0) is 0 Å². The maximum Gasteiger partial charge on any atom is 0.329 e. The molecule has 8 heteroatoms. The Morgan fingerprint density at radius 3 is 2.78 bits per heavy atom. The van der Waals surface area contributed by atoms with E-state index < -0.39 is 4.92 Å². The van der Waals surface area contributed by atoms with Crippen LogP contribution in [0.2, 0.25) is 5.02 Å². The summed E-state index contributed by atoms with van der Waals surface area (Å²) in [6.07, 6.45) is 1.04. The van der Waals surface area contributed by atoms with Crippen LogP contribution in [-0.4, -0.2) is 14.9 Å². The van der Waals surface area contributed by atoms with Gasteiger partial charge < -0.3 is 11.1 Å². The second-order valence-corrected chi connectivity index (χ2v) is 3.73. The second-order valence-electron chi connectivity index (χ2n) is 3.32. The largest absolute Gasteiger partial charge is 0.368 e. The molecule has 92 valence electrons. The summed E-state index contributed by atoms with van der Waals surface area (Å²) in [7, 11) is 0. The van der Waals surface area contributed by atoms with Crippen LogP contribution in [0.1, 0.15) is 0 Å². The van der Waals surface area contributed by atoms with Gasteiger partial charge in [-0.05, 0) is 12.1 Å². The van der Waals surface area contributed by atoms with Crippen molar-refractivity contribution < 1.29 is 4.92 Å². The molecule has 18 heavy (non-hydrogen) atoms. The third-order valence-corrected chi connectivity index (χ3v) is 2.44. The number of nitrogen functional groups attached to an aromatic ring is 1. The van der Waals surface area contributed by atoms with Crippen LogP contribution in [0.25, 0.3) is 0 Å². The van der Waals surface area contributed by atoms with Crippen molar-refractivity contribution in [2.45, 2.75) is 0 Å². The standard InChI is InChI=1S/C10H8ClN5O2/c11-6-3-1-2-4-7(6)14-9-8(16(17)18)5-13-10(12)15-9/h1-5H,(H3,12,13,14,15). The smallest absolute Gasteiger partial charge is 0.329 e. The first-order valence-electron chi connectivity index (χ1n) is 4.86. The average Bonchev–Trinajstić information content (AvgIpc) is 2.32. The summed E-state index contributed by atoms with van der Waals surface area (Å²) >= 11 is 5.94. The van der Waals surface area contributed by atoms with Gasteiger partial charge in [0.25, 0.3) is 0 Å². The molecule has 0 aliphatic rings. The van der Waals surface area contributed by atoms with Gasteiger partial charge in [-0.1, -0.05) is 23.7 Å². The van der Waals surface area contributed by atoms with Gasteiger partial charge in [-0.2, -0.15) is 4.98 Å². The number of anilines is 3. The Balaban J connectivity index is 2.42. The predicted molar refractivity (Wildman–Crippen MR) is 67.8 cm³/mol. The molecule has 1 heterocycles. The number of nitrogens with zero attached hydrogens (tertiary/aromatic N) is 3. The van der Waals surface area contributed by atoms with Crippen LogP contribution in [0.15, 0.2) is 30.5 Å². The van der Waals surface area contributed by atoms with Gasteiger partial charge in [0.2, 0.25) is 11.8 Å². The minimum Gasteiger partial charge on any atom is -0.368 e. The Morgan fingerprint density at radius 1 is 1.39 bits per heavy atom. The summed E-state index contributed by atoms with van der Waals surface area (Å²) in [5, 5.41) is 14.0. The fraction of sp³-hybridized carbons (Fsp3) is 0. The van der Waals surface area contributed by atoms with E-state index in [0.29, 0.717) is 10.7 Å². The molecule has 1 aromatic carbocycles. The topological polar surface area (TPSA) is 107 Å². The van der Waals surface area contributed by atoms with Gasteiger partial charge in [-0.3, -0.25) is 10.1 Å². The zero-order chi connectivity index (χ0) is 13.1. The maximum absolute atomic E-state index is 10.8. The molecule has 0 saturated carbocycles. The van der Waals surface area contributed by atoms with Crippen molar-refractivity contribution in [2.75, 3.05) is 11.1 Å². The molecule has 0 aliphatic carbocycles. The number of rotatable bonds is 3. The molecule has 0 spiro atoms. The fourth-order valence-corrected chi connectivity index (χ4v) is 1.49. The number of halogens is 1. The highest BCUT2D eigenvalue weighted by atomic mass is 35.5. The van der Waals surface area contributed by atoms with Gasteiger partial charge >= 0.3 is 5.69 Å². The molecule has 2 rings (SSSR count). The molecule has 0 amide bonds. The molecule has 0 saturated heterocycles. The minimum atomic E-state index is -0.599. The van der Waals surface area contributed by atoms with E-state index in [2.05, 4.69) is 15.3 Å². The SMILES string of the molecule is Nc1ncc([N+](=O)[O-])c(Nc2ccccc2Cl)n1. The van der Waals surface area contributed by atoms with Crippen LogP contribution < -0.4 is 11.1 Å². The number of nitrogens with two attached hydrogens (primary N) is 1. The zero-order valence-electron chi connectivity index (χ0n) is 9.00. The number of hydrogen-bond donors (Lipinski definition) is 2. The molecule has 0 bridgehead atoms. The van der Waals surface area contributed by atoms with Gasteiger partial charge in [-0.25, -0.2) is 4.98 Å². The van der Waals surface area contributed by atoms with Crippen LogP contribution in [0.4, 0.5) is 23.1 Å². The monoisotopic (exact) mass is 265 g/mol. The quantitative estimate of drug-likeness (QED) is 0.652. The predicted octanol–water partition coefficient (Wildman–Crippen LogP) is 2.36. The van der Waals surface area contributed by atoms with Gasteiger partial charge in [0.05, 0.1) is 15.6 Å². The lowest BCUT2D eigenvalue weighted by Crippen LogP contribution is -2.04. The first-order chi connectivity index (χ1) is 8.58. The van der Waals surface area contributed by atoms with Crippen molar-refractivity contribution in [3.8, 4) is 0 Å². The summed E-state index contributed by atoms with van der Waals surface area (Å²) in [6.45, 7) is 0. The molecular formula is C10H8ClN5O2. The Kier molecular flexibility index (Phi) is 3.24. The normalized spacial score (nSPS) is 10.1. The second kappa shape index (κ2) is 4.84. The number of nitrogens with one attached hydrogen (secondary N) is 1. The molecule has 1 aromatic heterocycles. The minimum absolute atomic E-state index is 0.000556. The number of aromatic nitrogens is 2. The van der Waals surface area contributed by atoms with Crippen LogP contribution >= 0.6 is 11.6 Å². The van der Waals surface area contributed by atoms with Gasteiger partial charge in [0.15, 0.2) is 0 Å². The lowest BCUT2D eigenvalue weighted by Gasteiger charge is -2.07. The zero-order valence-corrected chi connectivity index (χ0v) is 9.76. The molecule has 0 radical (unpaired) electrons. The van der Waals surface area contributed by atoms with Crippen molar-refractivity contribution in [3.05, 3.63) is 45.6 Å². The third kappa shape index (κ3) is 2.46. The van der Waals surface area contributed by atoms with E-state index >= 15 is 0 Å². The summed E-state index contributed by atoms with van der Waals surface area (Å²) in [5.74, 6) is -0.0595. The maximum atomic E-state index is 10.8. The average molecular weight is 266 g/mol. The molecule has 0 aliphatic heterocycles. The lowest BCUT2D eigenvalue weighted by molar-refractivity contribution is -0.384. The summed E-state index contributed by atoms with van der Waals surface area (Å²) in [4.78, 5) is 17.6. The van der Waals surface area contributed by atoms with E-state index in [1.54, 1.807) is 24.3 Å². The van der Waals surface area contributed by atoms with Crippen LogP contribution in [0.3, 0.4) is 0 Å². The third-order valence-electron chi connectivity index (χ3n) is 2.11. The van der Waals surface area contributed by atoms with Crippen molar-refractivity contribution in [1.82, 2.24) is 9.97 Å². The van der Waals surface area contributed by atoms with E-state index in [9.17, 15) is 10.1 Å². The number of para-hydroxylation sites is 1. The van der Waals surface area contributed by atoms with Crippen molar-refractivity contribution in [3.63, 3.8) is 0 Å². The van der Waals surface area contributed by atoms with Crippen molar-refractivity contribution in [2.24, 2.45) is 0 Å². The molecule has 0 fully saturated rings. The van der Waals surface area contributed by atoms with E-state index in [1.165, 1.54) is 0 Å². The first kappa shape index (κ1) is 12.1. The number of nitro groups is 1. The first-order valence-corrected chi connectivity index (χ1v) is 5.24. The van der Waals surface area contributed by atoms with Gasteiger partial charge in [0.1, 0.15) is 6.20 Å². The fourth-order valence-electron chi connectivity index (χ4n) is 1.30. The highest BCUT2D eigenvalue weighted by Gasteiger charge is 2.17. The van der Waals surface area contributed by atoms with Crippen molar-refractivity contribution >= 4 is 34.7 Å². The highest BCUT2D eigenvalue weighted by Crippen LogP contribution is 2.28. The van der Waals surface area contributed by atoms with E-state index in [0.717, 1.165) is 6.20 Å². The molecule has 3 N–H and O–H groups in total. The molecule has 0 atom stereocenters. The highest BCUT2D eigenvalue weighted by molar-refractivity contribution is 6.33. The van der Waals surface area contributed by atoms with Gasteiger partial charge in [-0.15, -0.1) is 0 Å². The summed E-state index contributed by atoms with van der Waals surface area (Å²) < 4.78 is 0. The Morgan fingerprint density at radius 2 is 2.11 bits per heavy atom. The molecule has 7 nitrogen and oxygen atoms in total. The van der Waals surface area contributed by atoms with E-state index in [1.807, 2.05) is 0 Å². The summed E-state index contributed by atoms with van der Waals surface area (Å²) in [6, 6.07) is 6.81. The Hall–Kier alpha value is -2.41. The van der Waals surface area contributed by atoms with E-state index in [-0.39, 0.29) is 17.5 Å². The van der Waals surface area contributed by atoms with Crippen LogP contribution in [0, 0.1) is 10.1 Å². The number of benzene rings is 1. The van der Waals surface area contributed by atoms with Crippen molar-refractivity contribution in [1.29, 1.82) is 0 Å². The Labute approximate surface area is 107 Å².